The molecule has 4 heteroatoms. The molecular weight excluding hydrogens is 228 g/mol. The fourth-order valence-corrected chi connectivity index (χ4v) is 1.86. The highest BCUT2D eigenvalue weighted by atomic mass is 16.5. The Kier molecular flexibility index (Phi) is 6.72. The van der Waals surface area contributed by atoms with Crippen molar-refractivity contribution in [2.75, 3.05) is 34.4 Å². The van der Waals surface area contributed by atoms with Gasteiger partial charge in [-0.15, -0.1) is 0 Å². The van der Waals surface area contributed by atoms with E-state index in [-0.39, 0.29) is 6.10 Å². The van der Waals surface area contributed by atoms with Crippen LogP contribution in [0.3, 0.4) is 0 Å². The highest BCUT2D eigenvalue weighted by molar-refractivity contribution is 5.28. The number of benzene rings is 1. The number of hydrogen-bond donors (Lipinski definition) is 1. The molecule has 0 aliphatic rings. The Morgan fingerprint density at radius 2 is 2.11 bits per heavy atom. The maximum absolute atomic E-state index is 5.60. The lowest BCUT2D eigenvalue weighted by Crippen LogP contribution is -2.28. The first kappa shape index (κ1) is 15.0. The van der Waals surface area contributed by atoms with E-state index in [0.29, 0.717) is 6.54 Å². The molecule has 0 saturated heterocycles. The van der Waals surface area contributed by atoms with Crippen LogP contribution in [-0.2, 0) is 11.3 Å². The van der Waals surface area contributed by atoms with Crippen molar-refractivity contribution in [3.8, 4) is 5.75 Å². The molecule has 2 N–H and O–H groups in total. The summed E-state index contributed by atoms with van der Waals surface area (Å²) in [7, 11) is 5.50. The highest BCUT2D eigenvalue weighted by Gasteiger charge is 2.07. The molecule has 0 heterocycles. The Morgan fingerprint density at radius 1 is 1.33 bits per heavy atom. The van der Waals surface area contributed by atoms with Crippen LogP contribution in [0, 0.1) is 0 Å². The van der Waals surface area contributed by atoms with Gasteiger partial charge in [0.1, 0.15) is 5.75 Å². The number of methoxy groups -OCH3 is 2. The van der Waals surface area contributed by atoms with Crippen LogP contribution in [0.2, 0.25) is 0 Å². The minimum atomic E-state index is 0.151. The lowest BCUT2D eigenvalue weighted by Gasteiger charge is -2.20. The molecule has 1 rings (SSSR count). The molecule has 1 aromatic rings. The van der Waals surface area contributed by atoms with Crippen molar-refractivity contribution in [1.82, 2.24) is 4.90 Å². The third kappa shape index (κ3) is 5.04. The Labute approximate surface area is 110 Å². The van der Waals surface area contributed by atoms with Crippen molar-refractivity contribution >= 4 is 0 Å². The normalized spacial score (nSPS) is 12.7. The van der Waals surface area contributed by atoms with Crippen LogP contribution in [-0.4, -0.2) is 45.4 Å². The predicted molar refractivity (Wildman–Crippen MR) is 73.8 cm³/mol. The summed E-state index contributed by atoms with van der Waals surface area (Å²) in [6.45, 7) is 2.44. The van der Waals surface area contributed by atoms with E-state index in [1.807, 2.05) is 12.1 Å². The summed E-state index contributed by atoms with van der Waals surface area (Å²) in [6, 6.07) is 8.14. The van der Waals surface area contributed by atoms with Crippen LogP contribution >= 0.6 is 0 Å². The summed E-state index contributed by atoms with van der Waals surface area (Å²) < 4.78 is 10.5. The minimum absolute atomic E-state index is 0.151. The Balaban J connectivity index is 2.41. The monoisotopic (exact) mass is 252 g/mol. The Bertz CT molecular complexity index is 340. The van der Waals surface area contributed by atoms with Gasteiger partial charge in [-0.25, -0.2) is 0 Å². The fourth-order valence-electron chi connectivity index (χ4n) is 1.86. The highest BCUT2D eigenvalue weighted by Crippen LogP contribution is 2.14. The van der Waals surface area contributed by atoms with Crippen LogP contribution in [0.5, 0.6) is 5.75 Å². The second-order valence-electron chi connectivity index (χ2n) is 4.47. The van der Waals surface area contributed by atoms with Gasteiger partial charge in [-0.2, -0.15) is 0 Å². The summed E-state index contributed by atoms with van der Waals surface area (Å²) in [5.41, 5.74) is 6.85. The zero-order valence-electron chi connectivity index (χ0n) is 11.6. The predicted octanol–water partition coefficient (Wildman–Crippen LogP) is 1.49. The minimum Gasteiger partial charge on any atom is -0.497 e. The van der Waals surface area contributed by atoms with Crippen LogP contribution in [0.4, 0.5) is 0 Å². The van der Waals surface area contributed by atoms with Gasteiger partial charge in [0.25, 0.3) is 0 Å². The van der Waals surface area contributed by atoms with Gasteiger partial charge in [0, 0.05) is 26.7 Å². The second-order valence-corrected chi connectivity index (χ2v) is 4.47. The molecule has 1 unspecified atom stereocenters. The van der Waals surface area contributed by atoms with Crippen LogP contribution < -0.4 is 10.5 Å². The van der Waals surface area contributed by atoms with Gasteiger partial charge in [0.15, 0.2) is 0 Å². The van der Waals surface area contributed by atoms with Gasteiger partial charge < -0.3 is 20.1 Å². The standard InChI is InChI=1S/C14H24N2O2/c1-16(8-7-14(10-15)18-3)11-12-5-4-6-13(9-12)17-2/h4-6,9,14H,7-8,10-11,15H2,1-3H3. The lowest BCUT2D eigenvalue weighted by molar-refractivity contribution is 0.0919. The first-order valence-electron chi connectivity index (χ1n) is 6.24. The van der Waals surface area contributed by atoms with E-state index in [4.69, 9.17) is 15.2 Å². The average molecular weight is 252 g/mol. The smallest absolute Gasteiger partial charge is 0.119 e. The summed E-state index contributed by atoms with van der Waals surface area (Å²) in [5.74, 6) is 0.901. The number of nitrogens with zero attached hydrogens (tertiary/aromatic N) is 1. The lowest BCUT2D eigenvalue weighted by atomic mass is 10.2. The molecule has 18 heavy (non-hydrogen) atoms. The van der Waals surface area contributed by atoms with Crippen molar-refractivity contribution in [3.63, 3.8) is 0 Å². The molecule has 0 aliphatic carbocycles. The summed E-state index contributed by atoms with van der Waals surface area (Å²) >= 11 is 0. The maximum atomic E-state index is 5.60. The van der Waals surface area contributed by atoms with Crippen molar-refractivity contribution in [2.45, 2.75) is 19.1 Å². The average Bonchev–Trinajstić information content (AvgIpc) is 2.40. The summed E-state index contributed by atoms with van der Waals surface area (Å²) in [4.78, 5) is 2.26. The zero-order chi connectivity index (χ0) is 13.4. The third-order valence-corrected chi connectivity index (χ3v) is 3.02. The van der Waals surface area contributed by atoms with Crippen molar-refractivity contribution < 1.29 is 9.47 Å². The van der Waals surface area contributed by atoms with Gasteiger partial charge >= 0.3 is 0 Å². The summed E-state index contributed by atoms with van der Waals surface area (Å²) in [6.07, 6.45) is 1.10. The van der Waals surface area contributed by atoms with Crippen LogP contribution in [0.1, 0.15) is 12.0 Å². The van der Waals surface area contributed by atoms with Gasteiger partial charge in [0.2, 0.25) is 0 Å². The van der Waals surface area contributed by atoms with Gasteiger partial charge in [-0.05, 0) is 31.2 Å². The van der Waals surface area contributed by atoms with Crippen molar-refractivity contribution in [1.29, 1.82) is 0 Å². The first-order chi connectivity index (χ1) is 8.69. The van der Waals surface area contributed by atoms with E-state index in [1.165, 1.54) is 5.56 Å². The topological polar surface area (TPSA) is 47.7 Å². The molecule has 0 fully saturated rings. The molecule has 1 aromatic carbocycles. The van der Waals surface area contributed by atoms with Crippen molar-refractivity contribution in [3.05, 3.63) is 29.8 Å². The molecule has 0 aliphatic heterocycles. The molecule has 1 atom stereocenters. The SMILES string of the molecule is COc1cccc(CN(C)CCC(CN)OC)c1. The Hall–Kier alpha value is -1.10. The molecule has 0 amide bonds. The van der Waals surface area contributed by atoms with Gasteiger partial charge in [-0.1, -0.05) is 12.1 Å². The molecule has 0 saturated carbocycles. The van der Waals surface area contributed by atoms with E-state index in [2.05, 4.69) is 24.1 Å². The fraction of sp³-hybridized carbons (Fsp3) is 0.571. The van der Waals surface area contributed by atoms with Crippen molar-refractivity contribution in [2.24, 2.45) is 5.73 Å². The van der Waals surface area contributed by atoms with Gasteiger partial charge in [0.05, 0.1) is 13.2 Å². The van der Waals surface area contributed by atoms with E-state index in [9.17, 15) is 0 Å². The number of nitrogens with two attached hydrogens (primary N) is 1. The number of hydrogen-bond acceptors (Lipinski definition) is 4. The quantitative estimate of drug-likeness (QED) is 0.761. The largest absolute Gasteiger partial charge is 0.497 e. The van der Waals surface area contributed by atoms with Gasteiger partial charge in [-0.3, -0.25) is 0 Å². The van der Waals surface area contributed by atoms with E-state index in [0.717, 1.165) is 25.3 Å². The molecule has 0 spiro atoms. The summed E-state index contributed by atoms with van der Waals surface area (Å²) in [5, 5.41) is 0. The maximum Gasteiger partial charge on any atom is 0.119 e. The molecule has 0 radical (unpaired) electrons. The number of rotatable bonds is 8. The molecule has 0 bridgehead atoms. The first-order valence-corrected chi connectivity index (χ1v) is 6.24. The van der Waals surface area contributed by atoms with E-state index < -0.39 is 0 Å². The van der Waals surface area contributed by atoms with Crippen LogP contribution in [0.15, 0.2) is 24.3 Å². The van der Waals surface area contributed by atoms with E-state index in [1.54, 1.807) is 14.2 Å². The molecular formula is C14H24N2O2. The Morgan fingerprint density at radius 3 is 2.72 bits per heavy atom. The van der Waals surface area contributed by atoms with E-state index >= 15 is 0 Å². The zero-order valence-corrected chi connectivity index (χ0v) is 11.6. The number of ether oxygens (including phenoxy) is 2. The molecule has 4 nitrogen and oxygen atoms in total. The third-order valence-electron chi connectivity index (χ3n) is 3.02. The van der Waals surface area contributed by atoms with Crippen LogP contribution in [0.25, 0.3) is 0 Å². The molecule has 0 aromatic heterocycles. The second kappa shape index (κ2) is 8.08. The molecule has 102 valence electrons.